The predicted molar refractivity (Wildman–Crippen MR) is 77.9 cm³/mol. The molecule has 2 aliphatic rings. The highest BCUT2D eigenvalue weighted by Crippen LogP contribution is 2.24. The third-order valence-corrected chi connectivity index (χ3v) is 4.60. The molecule has 104 valence electrons. The molecule has 1 aliphatic heterocycles. The fourth-order valence-electron chi connectivity index (χ4n) is 3.24. The molecule has 1 saturated heterocycles. The highest BCUT2D eigenvalue weighted by molar-refractivity contribution is 5.82. The molecular formula is C15H29N3. The van der Waals surface area contributed by atoms with Gasteiger partial charge in [-0.25, -0.2) is 0 Å². The first-order valence-corrected chi connectivity index (χ1v) is 7.70. The van der Waals surface area contributed by atoms with Gasteiger partial charge in [0.15, 0.2) is 0 Å². The average Bonchev–Trinajstić information content (AvgIpc) is 2.86. The minimum Gasteiger partial charge on any atom is -0.387 e. The molecule has 0 aromatic heterocycles. The van der Waals surface area contributed by atoms with E-state index >= 15 is 0 Å². The van der Waals surface area contributed by atoms with Gasteiger partial charge in [0.1, 0.15) is 0 Å². The van der Waals surface area contributed by atoms with Crippen molar-refractivity contribution in [3.63, 3.8) is 0 Å². The van der Waals surface area contributed by atoms with Crippen LogP contribution < -0.4 is 5.73 Å². The van der Waals surface area contributed by atoms with Gasteiger partial charge in [0.05, 0.1) is 5.84 Å². The number of rotatable bonds is 4. The van der Waals surface area contributed by atoms with Gasteiger partial charge in [-0.1, -0.05) is 19.3 Å². The lowest BCUT2D eigenvalue weighted by Crippen LogP contribution is -2.29. The van der Waals surface area contributed by atoms with Gasteiger partial charge in [-0.3, -0.25) is 4.99 Å². The van der Waals surface area contributed by atoms with Crippen LogP contribution in [0.4, 0.5) is 0 Å². The van der Waals surface area contributed by atoms with E-state index in [0.717, 1.165) is 18.3 Å². The predicted octanol–water partition coefficient (Wildman–Crippen LogP) is 2.65. The van der Waals surface area contributed by atoms with Crippen LogP contribution in [0, 0.1) is 11.8 Å². The van der Waals surface area contributed by atoms with Gasteiger partial charge in [-0.05, 0) is 45.6 Å². The number of hydrogen-bond acceptors (Lipinski definition) is 2. The van der Waals surface area contributed by atoms with E-state index < -0.39 is 0 Å². The Morgan fingerprint density at radius 2 is 1.94 bits per heavy atom. The van der Waals surface area contributed by atoms with Crippen LogP contribution in [0.15, 0.2) is 4.99 Å². The standard InChI is InChI=1S/C15H29N3/c1-12(2)18-9-8-13(11-18)10-17-15(16)14-6-4-3-5-7-14/h12-14H,3-11H2,1-2H3,(H2,16,17). The number of aliphatic imine (C=N–C) groups is 1. The third-order valence-electron chi connectivity index (χ3n) is 4.60. The molecule has 0 aromatic carbocycles. The fraction of sp³-hybridized carbons (Fsp3) is 0.933. The molecule has 2 fully saturated rings. The van der Waals surface area contributed by atoms with Crippen LogP contribution in [0.3, 0.4) is 0 Å². The van der Waals surface area contributed by atoms with E-state index in [1.165, 1.54) is 51.6 Å². The van der Waals surface area contributed by atoms with Gasteiger partial charge < -0.3 is 10.6 Å². The van der Waals surface area contributed by atoms with Crippen molar-refractivity contribution in [1.82, 2.24) is 4.90 Å². The largest absolute Gasteiger partial charge is 0.387 e. The smallest absolute Gasteiger partial charge is 0.0968 e. The summed E-state index contributed by atoms with van der Waals surface area (Å²) in [6.45, 7) is 7.95. The molecule has 1 saturated carbocycles. The van der Waals surface area contributed by atoms with Crippen LogP contribution in [0.5, 0.6) is 0 Å². The minimum absolute atomic E-state index is 0.585. The molecule has 1 unspecified atom stereocenters. The maximum atomic E-state index is 6.16. The summed E-state index contributed by atoms with van der Waals surface area (Å²) < 4.78 is 0. The second-order valence-electron chi connectivity index (χ2n) is 6.34. The zero-order valence-corrected chi connectivity index (χ0v) is 12.1. The van der Waals surface area contributed by atoms with E-state index in [1.54, 1.807) is 0 Å². The number of likely N-dealkylation sites (tertiary alicyclic amines) is 1. The minimum atomic E-state index is 0.585. The Morgan fingerprint density at radius 3 is 2.56 bits per heavy atom. The molecule has 3 heteroatoms. The normalized spacial score (nSPS) is 28.2. The van der Waals surface area contributed by atoms with Gasteiger partial charge in [0.25, 0.3) is 0 Å². The second-order valence-corrected chi connectivity index (χ2v) is 6.34. The van der Waals surface area contributed by atoms with Gasteiger partial charge in [0.2, 0.25) is 0 Å². The van der Waals surface area contributed by atoms with Crippen molar-refractivity contribution in [3.8, 4) is 0 Å². The van der Waals surface area contributed by atoms with Crippen LogP contribution in [0.1, 0.15) is 52.4 Å². The fourth-order valence-corrected chi connectivity index (χ4v) is 3.24. The lowest BCUT2D eigenvalue weighted by molar-refractivity contribution is 0.266. The van der Waals surface area contributed by atoms with Crippen LogP contribution >= 0.6 is 0 Å². The molecule has 0 radical (unpaired) electrons. The van der Waals surface area contributed by atoms with Crippen molar-refractivity contribution in [2.75, 3.05) is 19.6 Å². The Labute approximate surface area is 112 Å². The molecule has 1 atom stereocenters. The van der Waals surface area contributed by atoms with Crippen LogP contribution in [-0.4, -0.2) is 36.4 Å². The maximum Gasteiger partial charge on any atom is 0.0968 e. The molecule has 2 N–H and O–H groups in total. The van der Waals surface area contributed by atoms with Crippen molar-refractivity contribution in [3.05, 3.63) is 0 Å². The Hall–Kier alpha value is -0.570. The summed E-state index contributed by atoms with van der Waals surface area (Å²) in [5.74, 6) is 2.26. The summed E-state index contributed by atoms with van der Waals surface area (Å²) in [6, 6.07) is 0.676. The number of nitrogens with zero attached hydrogens (tertiary/aromatic N) is 2. The average molecular weight is 251 g/mol. The van der Waals surface area contributed by atoms with Crippen molar-refractivity contribution in [1.29, 1.82) is 0 Å². The van der Waals surface area contributed by atoms with E-state index in [0.29, 0.717) is 12.0 Å². The molecule has 1 aliphatic carbocycles. The molecule has 0 aromatic rings. The molecule has 0 amide bonds. The summed E-state index contributed by atoms with van der Waals surface area (Å²) in [5.41, 5.74) is 6.16. The number of nitrogens with two attached hydrogens (primary N) is 1. The molecule has 1 heterocycles. The van der Waals surface area contributed by atoms with E-state index in [-0.39, 0.29) is 0 Å². The summed E-state index contributed by atoms with van der Waals surface area (Å²) in [4.78, 5) is 7.24. The van der Waals surface area contributed by atoms with Gasteiger partial charge >= 0.3 is 0 Å². The number of hydrogen-bond donors (Lipinski definition) is 1. The summed E-state index contributed by atoms with van der Waals surface area (Å²) >= 11 is 0. The summed E-state index contributed by atoms with van der Waals surface area (Å²) in [6.07, 6.45) is 7.88. The monoisotopic (exact) mass is 251 g/mol. The Kier molecular flexibility index (Phi) is 5.04. The SMILES string of the molecule is CC(C)N1CCC(CN=C(N)C2CCCCC2)C1. The van der Waals surface area contributed by atoms with Crippen molar-refractivity contribution >= 4 is 5.84 Å². The molecular weight excluding hydrogens is 222 g/mol. The van der Waals surface area contributed by atoms with Crippen LogP contribution in [0.2, 0.25) is 0 Å². The van der Waals surface area contributed by atoms with Crippen molar-refractivity contribution in [2.45, 2.75) is 58.4 Å². The molecule has 18 heavy (non-hydrogen) atoms. The summed E-state index contributed by atoms with van der Waals surface area (Å²) in [5, 5.41) is 0. The van der Waals surface area contributed by atoms with E-state index in [1.807, 2.05) is 0 Å². The van der Waals surface area contributed by atoms with Crippen LogP contribution in [0.25, 0.3) is 0 Å². The van der Waals surface area contributed by atoms with Gasteiger partial charge in [-0.2, -0.15) is 0 Å². The zero-order chi connectivity index (χ0) is 13.0. The number of amidine groups is 1. The van der Waals surface area contributed by atoms with E-state index in [9.17, 15) is 0 Å². The summed E-state index contributed by atoms with van der Waals surface area (Å²) in [7, 11) is 0. The van der Waals surface area contributed by atoms with Crippen molar-refractivity contribution < 1.29 is 0 Å². The Morgan fingerprint density at radius 1 is 1.22 bits per heavy atom. The third kappa shape index (κ3) is 3.71. The highest BCUT2D eigenvalue weighted by atomic mass is 15.2. The highest BCUT2D eigenvalue weighted by Gasteiger charge is 2.24. The second kappa shape index (κ2) is 6.55. The lowest BCUT2D eigenvalue weighted by Gasteiger charge is -2.22. The molecule has 0 spiro atoms. The maximum absolute atomic E-state index is 6.16. The first-order valence-electron chi connectivity index (χ1n) is 7.70. The van der Waals surface area contributed by atoms with E-state index in [4.69, 9.17) is 10.7 Å². The molecule has 2 rings (SSSR count). The first kappa shape index (κ1) is 13.9. The quantitative estimate of drug-likeness (QED) is 0.616. The molecule has 0 bridgehead atoms. The lowest BCUT2D eigenvalue weighted by atomic mass is 9.88. The topological polar surface area (TPSA) is 41.6 Å². The van der Waals surface area contributed by atoms with Gasteiger partial charge in [0, 0.05) is 25.0 Å². The van der Waals surface area contributed by atoms with Crippen molar-refractivity contribution in [2.24, 2.45) is 22.6 Å². The Bertz CT molecular complexity index is 279. The van der Waals surface area contributed by atoms with Crippen LogP contribution in [-0.2, 0) is 0 Å². The van der Waals surface area contributed by atoms with E-state index in [2.05, 4.69) is 18.7 Å². The van der Waals surface area contributed by atoms with Gasteiger partial charge in [-0.15, -0.1) is 0 Å². The Balaban J connectivity index is 1.76. The first-order chi connectivity index (χ1) is 8.66. The zero-order valence-electron chi connectivity index (χ0n) is 12.1. The molecule has 3 nitrogen and oxygen atoms in total.